The first-order valence-corrected chi connectivity index (χ1v) is 9.20. The Balaban J connectivity index is 2.02. The molecule has 1 atom stereocenters. The van der Waals surface area contributed by atoms with Crippen molar-refractivity contribution in [3.05, 3.63) is 18.0 Å². The van der Waals surface area contributed by atoms with E-state index in [-0.39, 0.29) is 5.75 Å². The maximum absolute atomic E-state index is 12.2. The second kappa shape index (κ2) is 6.72. The molecule has 1 heterocycles. The Morgan fingerprint density at radius 2 is 2.10 bits per heavy atom. The summed E-state index contributed by atoms with van der Waals surface area (Å²) < 4.78 is 26.3. The van der Waals surface area contributed by atoms with Crippen molar-refractivity contribution < 1.29 is 8.42 Å². The van der Waals surface area contributed by atoms with Gasteiger partial charge in [-0.1, -0.05) is 19.3 Å². The molecule has 0 aromatic carbocycles. The topological polar surface area (TPSA) is 78.0 Å². The van der Waals surface area contributed by atoms with Crippen molar-refractivity contribution in [2.24, 2.45) is 5.73 Å². The zero-order valence-corrected chi connectivity index (χ0v) is 13.0. The van der Waals surface area contributed by atoms with Crippen LogP contribution in [0.3, 0.4) is 0 Å². The zero-order valence-electron chi connectivity index (χ0n) is 12.2. The lowest BCUT2D eigenvalue weighted by Gasteiger charge is -2.21. The van der Waals surface area contributed by atoms with Crippen LogP contribution < -0.4 is 5.73 Å². The first kappa shape index (κ1) is 15.5. The molecule has 2 rings (SSSR count). The van der Waals surface area contributed by atoms with Crippen molar-refractivity contribution in [3.63, 3.8) is 0 Å². The summed E-state index contributed by atoms with van der Waals surface area (Å²) in [5.74, 6) is 0.0217. The molecule has 0 radical (unpaired) electrons. The highest BCUT2D eigenvalue weighted by Gasteiger charge is 2.23. The Hall–Kier alpha value is -0.880. The van der Waals surface area contributed by atoms with Crippen molar-refractivity contribution in [1.82, 2.24) is 9.78 Å². The minimum Gasteiger partial charge on any atom is -0.330 e. The van der Waals surface area contributed by atoms with E-state index in [0.29, 0.717) is 24.7 Å². The number of nitrogens with two attached hydrogens (primary N) is 1. The van der Waals surface area contributed by atoms with Crippen LogP contribution in [-0.4, -0.2) is 30.0 Å². The minimum absolute atomic E-state index is 0.0217. The molecule has 0 aliphatic heterocycles. The Labute approximate surface area is 121 Å². The van der Waals surface area contributed by atoms with Gasteiger partial charge in [0.05, 0.1) is 22.7 Å². The molecule has 5 nitrogen and oxygen atoms in total. The predicted molar refractivity (Wildman–Crippen MR) is 80.1 cm³/mol. The van der Waals surface area contributed by atoms with Gasteiger partial charge in [-0.05, 0) is 38.8 Å². The summed E-state index contributed by atoms with van der Waals surface area (Å²) in [7, 11) is -3.15. The summed E-state index contributed by atoms with van der Waals surface area (Å²) in [4.78, 5) is 0. The molecule has 20 heavy (non-hydrogen) atoms. The summed E-state index contributed by atoms with van der Waals surface area (Å²) in [6, 6.07) is 2.28. The van der Waals surface area contributed by atoms with Gasteiger partial charge in [-0.3, -0.25) is 4.68 Å². The second-order valence-corrected chi connectivity index (χ2v) is 8.19. The largest absolute Gasteiger partial charge is 0.330 e. The van der Waals surface area contributed by atoms with E-state index in [2.05, 4.69) is 5.10 Å². The van der Waals surface area contributed by atoms with Crippen LogP contribution in [0.2, 0.25) is 0 Å². The zero-order chi connectivity index (χ0) is 14.6. The van der Waals surface area contributed by atoms with E-state index < -0.39 is 15.1 Å². The number of nitrogens with zero attached hydrogens (tertiary/aromatic N) is 2. The first-order chi connectivity index (χ1) is 9.53. The van der Waals surface area contributed by atoms with Crippen molar-refractivity contribution >= 4 is 9.84 Å². The standard InChI is InChI=1S/C14H25N3O2S/c1-12(7-9-15)20(18,19)11-13-8-10-17(16-13)14-5-3-2-4-6-14/h8,10,12,14H,2-7,9,11,15H2,1H3. The lowest BCUT2D eigenvalue weighted by Crippen LogP contribution is -2.23. The summed E-state index contributed by atoms with van der Waals surface area (Å²) in [6.45, 7) is 2.12. The number of hydrogen-bond acceptors (Lipinski definition) is 4. The summed E-state index contributed by atoms with van der Waals surface area (Å²) in [5, 5.41) is 4.07. The van der Waals surface area contributed by atoms with Gasteiger partial charge in [-0.15, -0.1) is 0 Å². The van der Waals surface area contributed by atoms with Gasteiger partial charge in [0.2, 0.25) is 0 Å². The Morgan fingerprint density at radius 3 is 2.75 bits per heavy atom. The van der Waals surface area contributed by atoms with Crippen LogP contribution in [0.5, 0.6) is 0 Å². The van der Waals surface area contributed by atoms with Crippen LogP contribution in [-0.2, 0) is 15.6 Å². The highest BCUT2D eigenvalue weighted by Crippen LogP contribution is 2.27. The first-order valence-electron chi connectivity index (χ1n) is 7.48. The molecule has 114 valence electrons. The van der Waals surface area contributed by atoms with E-state index in [1.165, 1.54) is 19.3 Å². The van der Waals surface area contributed by atoms with Gasteiger partial charge in [0.25, 0.3) is 0 Å². The molecular formula is C14H25N3O2S. The molecule has 1 fully saturated rings. The van der Waals surface area contributed by atoms with Gasteiger partial charge in [0.1, 0.15) is 0 Å². The summed E-state index contributed by atoms with van der Waals surface area (Å²) >= 11 is 0. The molecule has 6 heteroatoms. The highest BCUT2D eigenvalue weighted by molar-refractivity contribution is 7.91. The third-order valence-electron chi connectivity index (χ3n) is 4.15. The van der Waals surface area contributed by atoms with E-state index in [1.807, 2.05) is 16.9 Å². The lowest BCUT2D eigenvalue weighted by atomic mass is 9.96. The molecule has 1 aromatic rings. The Bertz CT molecular complexity index is 518. The van der Waals surface area contributed by atoms with Crippen molar-refractivity contribution in [1.29, 1.82) is 0 Å². The van der Waals surface area contributed by atoms with Crippen LogP contribution in [0.25, 0.3) is 0 Å². The molecule has 0 spiro atoms. The second-order valence-electron chi connectivity index (χ2n) is 5.77. The molecule has 1 aliphatic rings. The molecule has 1 saturated carbocycles. The molecule has 1 aliphatic carbocycles. The van der Waals surface area contributed by atoms with E-state index in [0.717, 1.165) is 12.8 Å². The number of rotatable bonds is 6. The van der Waals surface area contributed by atoms with Gasteiger partial charge in [0, 0.05) is 6.20 Å². The van der Waals surface area contributed by atoms with Crippen molar-refractivity contribution in [2.75, 3.05) is 6.54 Å². The normalized spacial score (nSPS) is 19.1. The van der Waals surface area contributed by atoms with E-state index in [1.54, 1.807) is 6.92 Å². The Morgan fingerprint density at radius 1 is 1.40 bits per heavy atom. The fraction of sp³-hybridized carbons (Fsp3) is 0.786. The van der Waals surface area contributed by atoms with Crippen LogP contribution in [0.1, 0.15) is 57.2 Å². The third kappa shape index (κ3) is 3.82. The van der Waals surface area contributed by atoms with Gasteiger partial charge in [0.15, 0.2) is 9.84 Å². The average Bonchev–Trinajstić information content (AvgIpc) is 2.88. The van der Waals surface area contributed by atoms with Gasteiger partial charge in [-0.2, -0.15) is 5.10 Å². The SMILES string of the molecule is CC(CCN)S(=O)(=O)Cc1ccn(C2CCCCC2)n1. The number of hydrogen-bond donors (Lipinski definition) is 1. The minimum atomic E-state index is -3.15. The molecule has 0 bridgehead atoms. The quantitative estimate of drug-likeness (QED) is 0.872. The molecule has 1 aromatic heterocycles. The smallest absolute Gasteiger partial charge is 0.158 e. The van der Waals surface area contributed by atoms with Gasteiger partial charge < -0.3 is 5.73 Å². The van der Waals surface area contributed by atoms with E-state index in [4.69, 9.17) is 5.73 Å². The number of sulfone groups is 1. The van der Waals surface area contributed by atoms with Crippen LogP contribution in [0, 0.1) is 0 Å². The van der Waals surface area contributed by atoms with E-state index in [9.17, 15) is 8.42 Å². The van der Waals surface area contributed by atoms with Gasteiger partial charge in [-0.25, -0.2) is 8.42 Å². The summed E-state index contributed by atoms with van der Waals surface area (Å²) in [6.07, 6.45) is 8.52. The van der Waals surface area contributed by atoms with E-state index >= 15 is 0 Å². The maximum Gasteiger partial charge on any atom is 0.158 e. The molecule has 2 N–H and O–H groups in total. The third-order valence-corrected chi connectivity index (χ3v) is 6.31. The van der Waals surface area contributed by atoms with Gasteiger partial charge >= 0.3 is 0 Å². The average molecular weight is 299 g/mol. The van der Waals surface area contributed by atoms with Crippen LogP contribution in [0.15, 0.2) is 12.3 Å². The fourth-order valence-electron chi connectivity index (χ4n) is 2.77. The van der Waals surface area contributed by atoms with Crippen LogP contribution in [0.4, 0.5) is 0 Å². The lowest BCUT2D eigenvalue weighted by molar-refractivity contribution is 0.328. The highest BCUT2D eigenvalue weighted by atomic mass is 32.2. The molecule has 1 unspecified atom stereocenters. The van der Waals surface area contributed by atoms with Crippen molar-refractivity contribution in [2.45, 2.75) is 62.5 Å². The molecule has 0 amide bonds. The molecule has 0 saturated heterocycles. The summed E-state index contributed by atoms with van der Waals surface area (Å²) in [5.41, 5.74) is 6.09. The monoisotopic (exact) mass is 299 g/mol. The van der Waals surface area contributed by atoms with Crippen LogP contribution >= 0.6 is 0 Å². The predicted octanol–water partition coefficient (Wildman–Crippen LogP) is 2.04. The maximum atomic E-state index is 12.2. The number of aromatic nitrogens is 2. The fourth-order valence-corrected chi connectivity index (χ4v) is 4.11. The van der Waals surface area contributed by atoms with Crippen molar-refractivity contribution in [3.8, 4) is 0 Å². The Kier molecular flexibility index (Phi) is 5.21. The molecular weight excluding hydrogens is 274 g/mol.